The second kappa shape index (κ2) is 6.42. The van der Waals surface area contributed by atoms with Gasteiger partial charge in [-0.2, -0.15) is 11.8 Å². The maximum absolute atomic E-state index is 6.15. The lowest BCUT2D eigenvalue weighted by Gasteiger charge is -2.37. The van der Waals surface area contributed by atoms with Gasteiger partial charge < -0.3 is 9.73 Å². The normalized spacial score (nSPS) is 23.8. The van der Waals surface area contributed by atoms with Crippen molar-refractivity contribution < 1.29 is 4.42 Å². The highest BCUT2D eigenvalue weighted by molar-refractivity contribution is 8.00. The summed E-state index contributed by atoms with van der Waals surface area (Å²) >= 11 is 2.08. The molecule has 2 aromatic rings. The van der Waals surface area contributed by atoms with Gasteiger partial charge in [-0.15, -0.1) is 0 Å². The van der Waals surface area contributed by atoms with Gasteiger partial charge in [-0.25, -0.2) is 0 Å². The van der Waals surface area contributed by atoms with E-state index < -0.39 is 0 Å². The van der Waals surface area contributed by atoms with Gasteiger partial charge in [-0.05, 0) is 20.0 Å². The summed E-state index contributed by atoms with van der Waals surface area (Å²) in [5, 5.41) is 5.21. The van der Waals surface area contributed by atoms with Crippen LogP contribution >= 0.6 is 11.8 Å². The van der Waals surface area contributed by atoms with E-state index >= 15 is 0 Å². The van der Waals surface area contributed by atoms with Crippen molar-refractivity contribution in [3.05, 3.63) is 35.6 Å². The Kier molecular flexibility index (Phi) is 4.57. The van der Waals surface area contributed by atoms with Gasteiger partial charge in [-0.3, -0.25) is 4.90 Å². The molecule has 2 atom stereocenters. The van der Waals surface area contributed by atoms with Crippen molar-refractivity contribution in [2.24, 2.45) is 0 Å². The topological polar surface area (TPSA) is 28.4 Å². The zero-order valence-electron chi connectivity index (χ0n) is 13.1. The molecule has 0 radical (unpaired) electrons. The number of nitrogens with zero attached hydrogens (tertiary/aromatic N) is 1. The van der Waals surface area contributed by atoms with E-state index in [0.717, 1.165) is 31.0 Å². The van der Waals surface area contributed by atoms with Crippen LogP contribution in [0.3, 0.4) is 0 Å². The maximum Gasteiger partial charge on any atom is 0.134 e. The molecular weight excluding hydrogens is 280 g/mol. The molecule has 0 amide bonds. The SMILES string of the molecule is CNCc1c(CN2CCSC(C)C2C)oc2ccccc12. The van der Waals surface area contributed by atoms with Gasteiger partial charge in [0.05, 0.1) is 6.54 Å². The first kappa shape index (κ1) is 14.9. The third-order valence-corrected chi connectivity index (χ3v) is 5.83. The molecule has 114 valence electrons. The first-order chi connectivity index (χ1) is 10.2. The smallest absolute Gasteiger partial charge is 0.134 e. The average Bonchev–Trinajstić information content (AvgIpc) is 2.82. The maximum atomic E-state index is 6.15. The minimum absolute atomic E-state index is 0.597. The van der Waals surface area contributed by atoms with Crippen molar-refractivity contribution >= 4 is 22.7 Å². The van der Waals surface area contributed by atoms with E-state index in [-0.39, 0.29) is 0 Å². The van der Waals surface area contributed by atoms with E-state index in [1.807, 2.05) is 13.1 Å². The summed E-state index contributed by atoms with van der Waals surface area (Å²) in [6.07, 6.45) is 0. The van der Waals surface area contributed by atoms with Crippen LogP contribution in [0, 0.1) is 0 Å². The monoisotopic (exact) mass is 304 g/mol. The third kappa shape index (κ3) is 2.98. The quantitative estimate of drug-likeness (QED) is 0.936. The molecule has 0 saturated carbocycles. The summed E-state index contributed by atoms with van der Waals surface area (Å²) in [5.41, 5.74) is 2.32. The molecule has 21 heavy (non-hydrogen) atoms. The van der Waals surface area contributed by atoms with Crippen LogP contribution in [-0.4, -0.2) is 35.5 Å². The number of hydrogen-bond donors (Lipinski definition) is 1. The van der Waals surface area contributed by atoms with E-state index in [9.17, 15) is 0 Å². The largest absolute Gasteiger partial charge is 0.459 e. The Bertz CT molecular complexity index is 610. The molecule has 0 bridgehead atoms. The minimum Gasteiger partial charge on any atom is -0.459 e. The fourth-order valence-electron chi connectivity index (χ4n) is 3.05. The lowest BCUT2D eigenvalue weighted by Crippen LogP contribution is -2.44. The van der Waals surface area contributed by atoms with Crippen LogP contribution in [-0.2, 0) is 13.1 Å². The van der Waals surface area contributed by atoms with Crippen LogP contribution in [0.4, 0.5) is 0 Å². The van der Waals surface area contributed by atoms with Crippen LogP contribution in [0.1, 0.15) is 25.2 Å². The van der Waals surface area contributed by atoms with Crippen LogP contribution in [0.5, 0.6) is 0 Å². The molecule has 1 aromatic carbocycles. The Balaban J connectivity index is 1.90. The Morgan fingerprint density at radius 1 is 1.33 bits per heavy atom. The molecule has 1 aliphatic rings. The van der Waals surface area contributed by atoms with Crippen molar-refractivity contribution in [2.75, 3.05) is 19.3 Å². The van der Waals surface area contributed by atoms with Gasteiger partial charge in [0.25, 0.3) is 0 Å². The van der Waals surface area contributed by atoms with Crippen LogP contribution in [0.2, 0.25) is 0 Å². The first-order valence-corrected chi connectivity index (χ1v) is 8.75. The number of hydrogen-bond acceptors (Lipinski definition) is 4. The van der Waals surface area contributed by atoms with Gasteiger partial charge in [0.2, 0.25) is 0 Å². The van der Waals surface area contributed by atoms with Gasteiger partial charge in [0.1, 0.15) is 11.3 Å². The molecule has 4 heteroatoms. The lowest BCUT2D eigenvalue weighted by atomic mass is 10.1. The van der Waals surface area contributed by atoms with Crippen LogP contribution in [0.15, 0.2) is 28.7 Å². The summed E-state index contributed by atoms with van der Waals surface area (Å²) < 4.78 is 6.15. The van der Waals surface area contributed by atoms with Crippen molar-refractivity contribution in [3.63, 3.8) is 0 Å². The van der Waals surface area contributed by atoms with Crippen LogP contribution < -0.4 is 5.32 Å². The first-order valence-electron chi connectivity index (χ1n) is 7.70. The number of para-hydroxylation sites is 1. The van der Waals surface area contributed by atoms with E-state index in [1.165, 1.54) is 16.7 Å². The average molecular weight is 304 g/mol. The molecule has 1 saturated heterocycles. The fourth-order valence-corrected chi connectivity index (χ4v) is 4.21. The molecule has 1 N–H and O–H groups in total. The number of nitrogens with one attached hydrogen (secondary N) is 1. The Hall–Kier alpha value is -0.970. The number of furan rings is 1. The highest BCUT2D eigenvalue weighted by Crippen LogP contribution is 2.30. The Labute approximate surface area is 131 Å². The fraction of sp³-hybridized carbons (Fsp3) is 0.529. The number of fused-ring (bicyclic) bond motifs is 1. The van der Waals surface area contributed by atoms with E-state index in [4.69, 9.17) is 4.42 Å². The summed E-state index contributed by atoms with van der Waals surface area (Å²) in [4.78, 5) is 2.55. The second-order valence-electron chi connectivity index (χ2n) is 5.82. The van der Waals surface area contributed by atoms with Gasteiger partial charge >= 0.3 is 0 Å². The molecule has 1 aromatic heterocycles. The van der Waals surface area contributed by atoms with Gasteiger partial charge in [-0.1, -0.05) is 25.1 Å². The number of benzene rings is 1. The van der Waals surface area contributed by atoms with E-state index in [2.05, 4.69) is 54.0 Å². The zero-order valence-corrected chi connectivity index (χ0v) is 13.9. The van der Waals surface area contributed by atoms with Gasteiger partial charge in [0.15, 0.2) is 0 Å². The number of thioether (sulfide) groups is 1. The zero-order chi connectivity index (χ0) is 14.8. The predicted octanol–water partition coefficient (Wildman–Crippen LogP) is 3.48. The van der Waals surface area contributed by atoms with Crippen molar-refractivity contribution in [3.8, 4) is 0 Å². The van der Waals surface area contributed by atoms with Gasteiger partial charge in [0, 0.05) is 41.1 Å². The van der Waals surface area contributed by atoms with E-state index in [0.29, 0.717) is 11.3 Å². The minimum atomic E-state index is 0.597. The third-order valence-electron chi connectivity index (χ3n) is 4.50. The molecule has 0 aliphatic carbocycles. The number of rotatable bonds is 4. The molecule has 0 spiro atoms. The lowest BCUT2D eigenvalue weighted by molar-refractivity contribution is 0.190. The highest BCUT2D eigenvalue weighted by atomic mass is 32.2. The summed E-state index contributed by atoms with van der Waals surface area (Å²) in [6.45, 7) is 7.58. The Morgan fingerprint density at radius 2 is 2.14 bits per heavy atom. The molecule has 2 unspecified atom stereocenters. The predicted molar refractivity (Wildman–Crippen MR) is 90.8 cm³/mol. The molecule has 3 nitrogen and oxygen atoms in total. The molecule has 1 aliphatic heterocycles. The Morgan fingerprint density at radius 3 is 2.95 bits per heavy atom. The van der Waals surface area contributed by atoms with E-state index in [1.54, 1.807) is 0 Å². The van der Waals surface area contributed by atoms with Crippen LogP contribution in [0.25, 0.3) is 11.0 Å². The summed E-state index contributed by atoms with van der Waals surface area (Å²) in [6, 6.07) is 8.95. The van der Waals surface area contributed by atoms with Crippen molar-refractivity contribution in [2.45, 2.75) is 38.2 Å². The molecular formula is C17H24N2OS. The molecule has 3 rings (SSSR count). The van der Waals surface area contributed by atoms with Crippen molar-refractivity contribution in [1.82, 2.24) is 10.2 Å². The highest BCUT2D eigenvalue weighted by Gasteiger charge is 2.27. The summed E-state index contributed by atoms with van der Waals surface area (Å²) in [7, 11) is 1.99. The standard InChI is InChI=1S/C17H24N2OS/c1-12-13(2)21-9-8-19(12)11-17-15(10-18-3)14-6-4-5-7-16(14)20-17/h4-7,12-13,18H,8-11H2,1-3H3. The second-order valence-corrected chi connectivity index (χ2v) is 7.30. The summed E-state index contributed by atoms with van der Waals surface area (Å²) in [5.74, 6) is 2.34. The molecule has 2 heterocycles. The van der Waals surface area contributed by atoms with Crippen molar-refractivity contribution in [1.29, 1.82) is 0 Å². The molecule has 1 fully saturated rings.